The van der Waals surface area contributed by atoms with E-state index in [4.69, 9.17) is 20.6 Å². The number of rotatable bonds is 14. The summed E-state index contributed by atoms with van der Waals surface area (Å²) >= 11 is 6.22. The van der Waals surface area contributed by atoms with Gasteiger partial charge in [0.05, 0.1) is 23.1 Å². The number of carbonyl (C=O) groups excluding carboxylic acids is 1. The lowest BCUT2D eigenvalue weighted by atomic mass is 10.2. The highest BCUT2D eigenvalue weighted by Gasteiger charge is 2.31. The molecular formula is C26H33ClN3O9PS2. The van der Waals surface area contributed by atoms with Crippen LogP contribution in [-0.4, -0.2) is 58.3 Å². The Kier molecular flexibility index (Phi) is 11.2. The molecule has 3 aromatic rings. The van der Waals surface area contributed by atoms with Crippen LogP contribution in [0.5, 0.6) is 0 Å². The zero-order valence-electron chi connectivity index (χ0n) is 23.5. The Bertz CT molecular complexity index is 1760. The van der Waals surface area contributed by atoms with Crippen molar-refractivity contribution in [2.45, 2.75) is 50.3 Å². The van der Waals surface area contributed by atoms with E-state index in [-0.39, 0.29) is 44.9 Å². The molecule has 2 aromatic carbocycles. The number of carbonyl (C=O) groups is 1. The molecule has 0 saturated heterocycles. The van der Waals surface area contributed by atoms with Crippen molar-refractivity contribution >= 4 is 61.4 Å². The quantitative estimate of drug-likeness (QED) is 0.243. The van der Waals surface area contributed by atoms with E-state index in [2.05, 4.69) is 4.98 Å². The van der Waals surface area contributed by atoms with Crippen LogP contribution in [0.15, 0.2) is 57.1 Å². The first-order valence-corrected chi connectivity index (χ1v) is 18.0. The minimum atomic E-state index is -4.56. The van der Waals surface area contributed by atoms with Gasteiger partial charge in [0.25, 0.3) is 21.5 Å². The van der Waals surface area contributed by atoms with Crippen LogP contribution in [0.25, 0.3) is 10.9 Å². The monoisotopic (exact) mass is 661 g/mol. The van der Waals surface area contributed by atoms with Crippen LogP contribution in [0.4, 0.5) is 0 Å². The largest absolute Gasteiger partial charge is 0.366 e. The van der Waals surface area contributed by atoms with Gasteiger partial charge in [-0.3, -0.25) is 14.2 Å². The third kappa shape index (κ3) is 7.31. The molecule has 1 aromatic heterocycles. The molecule has 42 heavy (non-hydrogen) atoms. The summed E-state index contributed by atoms with van der Waals surface area (Å²) in [5.41, 5.74) is -0.714. The summed E-state index contributed by atoms with van der Waals surface area (Å²) < 4.78 is 79.4. The molecule has 3 rings (SSSR count). The van der Waals surface area contributed by atoms with E-state index >= 15 is 0 Å². The first kappa shape index (κ1) is 33.9. The Morgan fingerprint density at radius 3 is 2.05 bits per heavy atom. The van der Waals surface area contributed by atoms with Crippen LogP contribution in [0.2, 0.25) is 5.02 Å². The van der Waals surface area contributed by atoms with E-state index in [9.17, 15) is 31.0 Å². The molecule has 0 fully saturated rings. The van der Waals surface area contributed by atoms with Crippen molar-refractivity contribution < 1.29 is 35.2 Å². The lowest BCUT2D eigenvalue weighted by Gasteiger charge is -2.21. The van der Waals surface area contributed by atoms with E-state index in [0.29, 0.717) is 25.9 Å². The van der Waals surface area contributed by atoms with Crippen LogP contribution in [0, 0.1) is 0 Å². The predicted molar refractivity (Wildman–Crippen MR) is 161 cm³/mol. The van der Waals surface area contributed by atoms with E-state index in [1.165, 1.54) is 40.7 Å². The molecule has 16 heteroatoms. The smallest absolute Gasteiger partial charge is 0.321 e. The van der Waals surface area contributed by atoms with Crippen molar-refractivity contribution in [3.63, 3.8) is 0 Å². The summed E-state index contributed by atoms with van der Waals surface area (Å²) in [6.07, 6.45) is 1.26. The number of nitrogens with one attached hydrogen (secondary N) is 2. The van der Waals surface area contributed by atoms with Gasteiger partial charge in [-0.1, -0.05) is 25.4 Å². The topological polar surface area (TPSA) is 169 Å². The zero-order valence-corrected chi connectivity index (χ0v) is 26.8. The third-order valence-corrected chi connectivity index (χ3v) is 11.8. The average Bonchev–Trinajstić information content (AvgIpc) is 2.92. The van der Waals surface area contributed by atoms with Crippen LogP contribution in [0.3, 0.4) is 0 Å². The molecule has 1 amide bonds. The highest BCUT2D eigenvalue weighted by atomic mass is 35.5. The Hall–Kier alpha value is -2.58. The van der Waals surface area contributed by atoms with Gasteiger partial charge in [0.15, 0.2) is 0 Å². The van der Waals surface area contributed by atoms with Crippen molar-refractivity contribution in [1.82, 2.24) is 14.0 Å². The number of hydrogen-bond donors (Lipinski definition) is 2. The summed E-state index contributed by atoms with van der Waals surface area (Å²) in [7, 11) is -12.4. The molecule has 0 bridgehead atoms. The number of halogens is 1. The standard InChI is InChI=1S/C26H33ClN3O9PS2/c1-5-13-30(14-6-2)42(36,37)20-11-9-18(10-12-20)25(31)29-41(34,35)24-16-19-15-23(40(33,38-7-3)39-8-4)26(32)28-22(19)17-21(24)27/h9-12,15-17H,5-8,13-14H2,1-4H3,(H,28,32)(H,29,31). The normalized spacial score (nSPS) is 12.6. The third-order valence-electron chi connectivity index (χ3n) is 5.99. The van der Waals surface area contributed by atoms with E-state index in [0.717, 1.165) is 6.07 Å². The van der Waals surface area contributed by atoms with Gasteiger partial charge >= 0.3 is 7.60 Å². The molecule has 0 saturated carbocycles. The minimum absolute atomic E-state index is 0.0102. The van der Waals surface area contributed by atoms with Crippen LogP contribution in [0.1, 0.15) is 50.9 Å². The molecule has 2 N–H and O–H groups in total. The van der Waals surface area contributed by atoms with E-state index < -0.39 is 44.0 Å². The van der Waals surface area contributed by atoms with Crippen molar-refractivity contribution in [1.29, 1.82) is 0 Å². The molecular weight excluding hydrogens is 629 g/mol. The highest BCUT2D eigenvalue weighted by molar-refractivity contribution is 7.90. The van der Waals surface area contributed by atoms with Gasteiger partial charge in [0.1, 0.15) is 10.2 Å². The molecule has 0 aliphatic heterocycles. The number of pyridine rings is 1. The Morgan fingerprint density at radius 2 is 1.52 bits per heavy atom. The number of amides is 1. The molecule has 0 spiro atoms. The second-order valence-electron chi connectivity index (χ2n) is 9.05. The van der Waals surface area contributed by atoms with Crippen LogP contribution in [-0.2, 0) is 33.7 Å². The van der Waals surface area contributed by atoms with Crippen molar-refractivity contribution in [3.8, 4) is 0 Å². The Morgan fingerprint density at radius 1 is 0.952 bits per heavy atom. The number of fused-ring (bicyclic) bond motifs is 1. The minimum Gasteiger partial charge on any atom is -0.321 e. The van der Waals surface area contributed by atoms with Crippen LogP contribution >= 0.6 is 19.2 Å². The highest BCUT2D eigenvalue weighted by Crippen LogP contribution is 2.46. The Balaban J connectivity index is 1.95. The van der Waals surface area contributed by atoms with Crippen molar-refractivity contribution in [3.05, 3.63) is 63.4 Å². The number of benzene rings is 2. The second-order valence-corrected chi connectivity index (χ2v) is 15.0. The average molecular weight is 662 g/mol. The molecule has 0 radical (unpaired) electrons. The van der Waals surface area contributed by atoms with Gasteiger partial charge < -0.3 is 14.0 Å². The fourth-order valence-electron chi connectivity index (χ4n) is 4.14. The molecule has 0 aliphatic carbocycles. The predicted octanol–water partition coefficient (Wildman–Crippen LogP) is 4.00. The van der Waals surface area contributed by atoms with Crippen molar-refractivity contribution in [2.24, 2.45) is 0 Å². The van der Waals surface area contributed by atoms with Gasteiger partial charge in [0.2, 0.25) is 10.0 Å². The number of sulfonamides is 2. The molecule has 0 aliphatic rings. The second kappa shape index (κ2) is 13.8. The van der Waals surface area contributed by atoms with Crippen LogP contribution < -0.4 is 15.6 Å². The van der Waals surface area contributed by atoms with Gasteiger partial charge in [0, 0.05) is 29.6 Å². The molecule has 12 nitrogen and oxygen atoms in total. The molecule has 1 heterocycles. The number of aromatic nitrogens is 1. The maximum absolute atomic E-state index is 13.2. The summed E-state index contributed by atoms with van der Waals surface area (Å²) in [6.45, 7) is 7.55. The van der Waals surface area contributed by atoms with Crippen molar-refractivity contribution in [2.75, 3.05) is 26.3 Å². The van der Waals surface area contributed by atoms with Gasteiger partial charge in [-0.15, -0.1) is 0 Å². The van der Waals surface area contributed by atoms with E-state index in [1.54, 1.807) is 13.8 Å². The van der Waals surface area contributed by atoms with Gasteiger partial charge in [-0.05, 0) is 69.2 Å². The lowest BCUT2D eigenvalue weighted by Crippen LogP contribution is -2.33. The number of nitrogens with zero attached hydrogens (tertiary/aromatic N) is 1. The lowest BCUT2D eigenvalue weighted by molar-refractivity contribution is 0.0981. The maximum Gasteiger partial charge on any atom is 0.366 e. The maximum atomic E-state index is 13.2. The number of hydrogen-bond acceptors (Lipinski definition) is 9. The summed E-state index contributed by atoms with van der Waals surface area (Å²) in [4.78, 5) is 27.5. The first-order valence-electron chi connectivity index (χ1n) is 13.2. The zero-order chi connectivity index (χ0) is 31.3. The summed E-state index contributed by atoms with van der Waals surface area (Å²) in [5, 5.41) is -0.475. The summed E-state index contributed by atoms with van der Waals surface area (Å²) in [6, 6.07) is 8.40. The molecule has 0 unspecified atom stereocenters. The van der Waals surface area contributed by atoms with Gasteiger partial charge in [-0.2, -0.15) is 4.31 Å². The first-order chi connectivity index (χ1) is 19.7. The van der Waals surface area contributed by atoms with E-state index in [1.807, 2.05) is 18.6 Å². The molecule has 230 valence electrons. The number of H-pyrrole nitrogens is 1. The fraction of sp³-hybridized carbons (Fsp3) is 0.385. The SMILES string of the molecule is CCCN(CCC)S(=O)(=O)c1ccc(C(=O)NS(=O)(=O)c2cc3cc(P(=O)(OCC)OCC)c(=O)[nH]c3cc2Cl)cc1. The number of aromatic amines is 1. The Labute approximate surface area is 250 Å². The fourth-order valence-corrected chi connectivity index (χ4v) is 8.93. The summed E-state index contributed by atoms with van der Waals surface area (Å²) in [5.74, 6) is -1.02. The van der Waals surface area contributed by atoms with Gasteiger partial charge in [-0.25, -0.2) is 21.6 Å². The molecule has 0 atom stereocenters.